The topological polar surface area (TPSA) is 89.5 Å². The third-order valence-electron chi connectivity index (χ3n) is 5.33. The molecule has 0 atom stereocenters. The Morgan fingerprint density at radius 2 is 1.68 bits per heavy atom. The lowest BCUT2D eigenvalue weighted by Gasteiger charge is -2.27. The second kappa shape index (κ2) is 9.66. The standard InChI is InChI=1S/C23H24ClNO5S/c1-2-30-21(26)14-7-17-5-10-19(11-6-17)25-22(27)23(15-3-4-16-23)31(28,29)20-12-8-18(24)9-13-20/h5-14H,2-4,15-16H2,1H3,(H,25,27)/b14-7+. The summed E-state index contributed by atoms with van der Waals surface area (Å²) in [6.07, 6.45) is 4.79. The molecule has 2 aromatic carbocycles. The van der Waals surface area contributed by atoms with Gasteiger partial charge >= 0.3 is 5.97 Å². The Bertz CT molecular complexity index is 1070. The predicted molar refractivity (Wildman–Crippen MR) is 121 cm³/mol. The lowest BCUT2D eigenvalue weighted by atomic mass is 10.1. The van der Waals surface area contributed by atoms with E-state index in [0.717, 1.165) is 5.56 Å². The van der Waals surface area contributed by atoms with Crippen molar-refractivity contribution in [1.82, 2.24) is 0 Å². The summed E-state index contributed by atoms with van der Waals surface area (Å²) in [5.41, 5.74) is 1.23. The van der Waals surface area contributed by atoms with Crippen LogP contribution in [0.25, 0.3) is 6.08 Å². The maximum Gasteiger partial charge on any atom is 0.330 e. The van der Waals surface area contributed by atoms with Gasteiger partial charge in [0.05, 0.1) is 11.5 Å². The number of hydrogen-bond acceptors (Lipinski definition) is 5. The lowest BCUT2D eigenvalue weighted by Crippen LogP contribution is -2.47. The number of anilines is 1. The van der Waals surface area contributed by atoms with Crippen molar-refractivity contribution in [3.63, 3.8) is 0 Å². The van der Waals surface area contributed by atoms with E-state index in [1.54, 1.807) is 37.3 Å². The first-order valence-corrected chi connectivity index (χ1v) is 11.9. The van der Waals surface area contributed by atoms with Crippen LogP contribution in [0.5, 0.6) is 0 Å². The monoisotopic (exact) mass is 461 g/mol. The number of esters is 1. The van der Waals surface area contributed by atoms with Gasteiger partial charge in [0, 0.05) is 16.8 Å². The maximum atomic E-state index is 13.4. The first kappa shape index (κ1) is 23.0. The third kappa shape index (κ3) is 4.99. The van der Waals surface area contributed by atoms with Crippen molar-refractivity contribution in [1.29, 1.82) is 0 Å². The predicted octanol–water partition coefficient (Wildman–Crippen LogP) is 4.64. The molecule has 0 bridgehead atoms. The van der Waals surface area contributed by atoms with E-state index in [4.69, 9.17) is 16.3 Å². The summed E-state index contributed by atoms with van der Waals surface area (Å²) >= 11 is 5.89. The molecule has 1 N–H and O–H groups in total. The molecular formula is C23H24ClNO5S. The zero-order valence-corrected chi connectivity index (χ0v) is 18.7. The van der Waals surface area contributed by atoms with Crippen LogP contribution >= 0.6 is 11.6 Å². The van der Waals surface area contributed by atoms with Crippen molar-refractivity contribution in [2.75, 3.05) is 11.9 Å². The Hall–Kier alpha value is -2.64. The molecule has 3 rings (SSSR count). The Labute approximate surface area is 187 Å². The van der Waals surface area contributed by atoms with Crippen LogP contribution in [0, 0.1) is 0 Å². The normalized spacial score (nSPS) is 15.7. The van der Waals surface area contributed by atoms with Gasteiger partial charge in [0.15, 0.2) is 14.6 Å². The van der Waals surface area contributed by atoms with Crippen LogP contribution in [0.1, 0.15) is 38.2 Å². The Kier molecular flexibility index (Phi) is 7.18. The number of rotatable bonds is 7. The zero-order chi connectivity index (χ0) is 22.5. The minimum atomic E-state index is -3.90. The van der Waals surface area contributed by atoms with Gasteiger partial charge in [0.1, 0.15) is 0 Å². The number of hydrogen-bond donors (Lipinski definition) is 1. The van der Waals surface area contributed by atoms with Crippen molar-refractivity contribution >= 4 is 45.1 Å². The summed E-state index contributed by atoms with van der Waals surface area (Å²) in [4.78, 5) is 24.7. The highest BCUT2D eigenvalue weighted by Gasteiger charge is 2.52. The summed E-state index contributed by atoms with van der Waals surface area (Å²) in [6.45, 7) is 2.03. The number of carbonyl (C=O) groups excluding carboxylic acids is 2. The van der Waals surface area contributed by atoms with Crippen molar-refractivity contribution in [2.45, 2.75) is 42.2 Å². The van der Waals surface area contributed by atoms with E-state index < -0.39 is 26.5 Å². The Balaban J connectivity index is 1.80. The van der Waals surface area contributed by atoms with Gasteiger partial charge in [0.2, 0.25) is 5.91 Å². The average Bonchev–Trinajstić information content (AvgIpc) is 3.26. The first-order chi connectivity index (χ1) is 14.8. The summed E-state index contributed by atoms with van der Waals surface area (Å²) in [5, 5.41) is 3.20. The molecule has 2 aromatic rings. The van der Waals surface area contributed by atoms with E-state index >= 15 is 0 Å². The quantitative estimate of drug-likeness (QED) is 0.479. The Morgan fingerprint density at radius 3 is 2.26 bits per heavy atom. The number of benzene rings is 2. The molecule has 1 amide bonds. The van der Waals surface area contributed by atoms with Gasteiger partial charge in [-0.05, 0) is 67.8 Å². The highest BCUT2D eigenvalue weighted by Crippen LogP contribution is 2.41. The van der Waals surface area contributed by atoms with Gasteiger partial charge in [-0.3, -0.25) is 4.79 Å². The van der Waals surface area contributed by atoms with Gasteiger partial charge in [-0.1, -0.05) is 36.6 Å². The second-order valence-corrected chi connectivity index (χ2v) is 10.0. The summed E-state index contributed by atoms with van der Waals surface area (Å²) in [6, 6.07) is 12.7. The highest BCUT2D eigenvalue weighted by atomic mass is 35.5. The summed E-state index contributed by atoms with van der Waals surface area (Å²) in [5.74, 6) is -0.967. The summed E-state index contributed by atoms with van der Waals surface area (Å²) in [7, 11) is -3.90. The van der Waals surface area contributed by atoms with Gasteiger partial charge in [0.25, 0.3) is 0 Å². The first-order valence-electron chi connectivity index (χ1n) is 10.0. The van der Waals surface area contributed by atoms with Crippen molar-refractivity contribution in [3.05, 3.63) is 65.2 Å². The number of carbonyl (C=O) groups is 2. The molecule has 1 fully saturated rings. The van der Waals surface area contributed by atoms with E-state index in [9.17, 15) is 18.0 Å². The van der Waals surface area contributed by atoms with Gasteiger partial charge in [-0.25, -0.2) is 13.2 Å². The van der Waals surface area contributed by atoms with Crippen molar-refractivity contribution in [3.8, 4) is 0 Å². The molecule has 6 nitrogen and oxygen atoms in total. The molecule has 1 aliphatic rings. The molecular weight excluding hydrogens is 438 g/mol. The zero-order valence-electron chi connectivity index (χ0n) is 17.1. The number of sulfone groups is 1. The molecule has 0 heterocycles. The van der Waals surface area contributed by atoms with E-state index in [1.165, 1.54) is 30.3 Å². The van der Waals surface area contributed by atoms with E-state index in [-0.39, 0.29) is 17.7 Å². The van der Waals surface area contributed by atoms with Crippen molar-refractivity contribution < 1.29 is 22.7 Å². The average molecular weight is 462 g/mol. The molecule has 1 saturated carbocycles. The molecule has 164 valence electrons. The largest absolute Gasteiger partial charge is 0.463 e. The smallest absolute Gasteiger partial charge is 0.330 e. The Morgan fingerprint density at radius 1 is 1.06 bits per heavy atom. The fraction of sp³-hybridized carbons (Fsp3) is 0.304. The highest BCUT2D eigenvalue weighted by molar-refractivity contribution is 7.93. The third-order valence-corrected chi connectivity index (χ3v) is 8.10. The minimum Gasteiger partial charge on any atom is -0.463 e. The number of halogens is 1. The minimum absolute atomic E-state index is 0.0911. The fourth-order valence-corrected chi connectivity index (χ4v) is 5.87. The molecule has 0 unspecified atom stereocenters. The second-order valence-electron chi connectivity index (χ2n) is 7.32. The van der Waals surface area contributed by atoms with Gasteiger partial charge in [-0.15, -0.1) is 0 Å². The summed E-state index contributed by atoms with van der Waals surface area (Å²) < 4.78 is 30.1. The SMILES string of the molecule is CCOC(=O)/C=C/c1ccc(NC(=O)C2(S(=O)(=O)c3ccc(Cl)cc3)CCCC2)cc1. The lowest BCUT2D eigenvalue weighted by molar-refractivity contribution is -0.137. The van der Waals surface area contributed by atoms with Crippen LogP contribution < -0.4 is 5.32 Å². The van der Waals surface area contributed by atoms with E-state index in [1.807, 2.05) is 0 Å². The van der Waals surface area contributed by atoms with Crippen LogP contribution in [0.2, 0.25) is 5.02 Å². The van der Waals surface area contributed by atoms with Gasteiger partial charge < -0.3 is 10.1 Å². The molecule has 0 spiro atoms. The number of nitrogens with one attached hydrogen (secondary N) is 1. The molecule has 1 aliphatic carbocycles. The van der Waals surface area contributed by atoms with Gasteiger partial charge in [-0.2, -0.15) is 0 Å². The van der Waals surface area contributed by atoms with E-state index in [2.05, 4.69) is 5.32 Å². The molecule has 31 heavy (non-hydrogen) atoms. The maximum absolute atomic E-state index is 13.4. The fourth-order valence-electron chi connectivity index (χ4n) is 3.68. The van der Waals surface area contributed by atoms with Crippen LogP contribution in [0.4, 0.5) is 5.69 Å². The number of amides is 1. The molecule has 0 radical (unpaired) electrons. The van der Waals surface area contributed by atoms with Crippen LogP contribution in [0.15, 0.2) is 59.5 Å². The molecule has 8 heteroatoms. The number of ether oxygens (including phenoxy) is 1. The van der Waals surface area contributed by atoms with E-state index in [0.29, 0.717) is 30.2 Å². The van der Waals surface area contributed by atoms with Crippen LogP contribution in [0.3, 0.4) is 0 Å². The van der Waals surface area contributed by atoms with Crippen LogP contribution in [-0.2, 0) is 24.2 Å². The van der Waals surface area contributed by atoms with Crippen molar-refractivity contribution in [2.24, 2.45) is 0 Å². The molecule has 0 aliphatic heterocycles. The molecule has 0 saturated heterocycles. The van der Waals surface area contributed by atoms with Crippen LogP contribution in [-0.4, -0.2) is 31.6 Å². The molecule has 0 aromatic heterocycles.